The van der Waals surface area contributed by atoms with Crippen LogP contribution in [0.4, 0.5) is 5.69 Å². The van der Waals surface area contributed by atoms with E-state index in [1.54, 1.807) is 32.9 Å². The number of nitrogen functional groups attached to an aromatic ring is 1. The summed E-state index contributed by atoms with van der Waals surface area (Å²) in [5, 5.41) is 12.3. The number of aliphatic hydroxyl groups excluding tert-OH is 1. The van der Waals surface area contributed by atoms with E-state index in [1.165, 1.54) is 0 Å². The second-order valence-corrected chi connectivity index (χ2v) is 4.87. The van der Waals surface area contributed by atoms with E-state index >= 15 is 0 Å². The van der Waals surface area contributed by atoms with Gasteiger partial charge in [0.25, 0.3) is 0 Å². The van der Waals surface area contributed by atoms with Crippen LogP contribution in [0.2, 0.25) is 0 Å². The lowest BCUT2D eigenvalue weighted by atomic mass is 9.98. The second-order valence-electron chi connectivity index (χ2n) is 4.87. The zero-order valence-electron chi connectivity index (χ0n) is 10.5. The minimum atomic E-state index is -0.628. The van der Waals surface area contributed by atoms with Crippen molar-refractivity contribution >= 4 is 11.6 Å². The number of amides is 1. The fourth-order valence-corrected chi connectivity index (χ4v) is 1.40. The minimum absolute atomic E-state index is 0.124. The van der Waals surface area contributed by atoms with Gasteiger partial charge in [0.05, 0.1) is 18.1 Å². The summed E-state index contributed by atoms with van der Waals surface area (Å²) in [6, 6.07) is 7.22. The van der Waals surface area contributed by atoms with Crippen LogP contribution in [0.1, 0.15) is 26.3 Å². The van der Waals surface area contributed by atoms with Crippen LogP contribution in [0, 0.1) is 0 Å². The third-order valence-corrected chi connectivity index (χ3v) is 2.82. The fraction of sp³-hybridized carbons (Fsp3) is 0.462. The summed E-state index contributed by atoms with van der Waals surface area (Å²) in [7, 11) is 0. The van der Waals surface area contributed by atoms with Crippen LogP contribution in [0.15, 0.2) is 24.3 Å². The first-order valence-electron chi connectivity index (χ1n) is 5.65. The Morgan fingerprint density at radius 1 is 1.53 bits per heavy atom. The second kappa shape index (κ2) is 5.19. The van der Waals surface area contributed by atoms with Crippen LogP contribution in [-0.2, 0) is 11.2 Å². The van der Waals surface area contributed by atoms with Gasteiger partial charge in [0, 0.05) is 5.69 Å². The predicted molar refractivity (Wildman–Crippen MR) is 68.5 cm³/mol. The van der Waals surface area contributed by atoms with Crippen molar-refractivity contribution in [3.63, 3.8) is 0 Å². The van der Waals surface area contributed by atoms with Gasteiger partial charge in [-0.25, -0.2) is 0 Å². The first-order valence-corrected chi connectivity index (χ1v) is 5.65. The Kier molecular flexibility index (Phi) is 4.12. The summed E-state index contributed by atoms with van der Waals surface area (Å²) in [6.45, 7) is 5.23. The van der Waals surface area contributed by atoms with E-state index in [9.17, 15) is 9.90 Å². The molecule has 0 aromatic heterocycles. The number of aliphatic hydroxyl groups is 1. The van der Waals surface area contributed by atoms with E-state index in [1.807, 2.05) is 12.1 Å². The molecular formula is C13H20N2O2. The molecule has 0 saturated heterocycles. The average molecular weight is 236 g/mol. The van der Waals surface area contributed by atoms with Crippen molar-refractivity contribution in [3.05, 3.63) is 29.8 Å². The molecule has 1 atom stereocenters. The number of hydrogen-bond acceptors (Lipinski definition) is 3. The van der Waals surface area contributed by atoms with Gasteiger partial charge in [0.2, 0.25) is 5.91 Å². The number of rotatable bonds is 4. The average Bonchev–Trinajstić information content (AvgIpc) is 2.15. The molecule has 0 spiro atoms. The molecule has 4 N–H and O–H groups in total. The molecule has 17 heavy (non-hydrogen) atoms. The lowest BCUT2D eigenvalue weighted by molar-refractivity contribution is -0.123. The third-order valence-electron chi connectivity index (χ3n) is 2.82. The molecule has 4 heteroatoms. The number of anilines is 1. The van der Waals surface area contributed by atoms with Crippen molar-refractivity contribution in [1.29, 1.82) is 0 Å². The Morgan fingerprint density at radius 3 is 2.71 bits per heavy atom. The normalized spacial score (nSPS) is 13.2. The van der Waals surface area contributed by atoms with Gasteiger partial charge in [0.15, 0.2) is 0 Å². The molecule has 0 aliphatic heterocycles. The van der Waals surface area contributed by atoms with E-state index in [4.69, 9.17) is 5.73 Å². The van der Waals surface area contributed by atoms with Gasteiger partial charge in [0.1, 0.15) is 0 Å². The molecule has 1 unspecified atom stereocenters. The van der Waals surface area contributed by atoms with Gasteiger partial charge in [-0.3, -0.25) is 4.79 Å². The van der Waals surface area contributed by atoms with Crippen molar-refractivity contribution in [2.24, 2.45) is 0 Å². The van der Waals surface area contributed by atoms with Crippen LogP contribution in [0.25, 0.3) is 0 Å². The maximum Gasteiger partial charge on any atom is 0.224 e. The molecule has 1 aromatic carbocycles. The number of carbonyl (C=O) groups is 1. The summed E-state index contributed by atoms with van der Waals surface area (Å²) >= 11 is 0. The maximum absolute atomic E-state index is 11.8. The molecule has 1 rings (SSSR count). The van der Waals surface area contributed by atoms with E-state index in [-0.39, 0.29) is 12.3 Å². The van der Waals surface area contributed by atoms with Crippen LogP contribution >= 0.6 is 0 Å². The first kappa shape index (κ1) is 13.5. The highest BCUT2D eigenvalue weighted by molar-refractivity contribution is 5.79. The highest BCUT2D eigenvalue weighted by Gasteiger charge is 2.25. The number of nitrogens with one attached hydrogen (secondary N) is 1. The summed E-state index contributed by atoms with van der Waals surface area (Å²) in [5.74, 6) is -0.124. The largest absolute Gasteiger partial charge is 0.399 e. The zero-order valence-corrected chi connectivity index (χ0v) is 10.5. The lowest BCUT2D eigenvalue weighted by Gasteiger charge is -2.29. The summed E-state index contributed by atoms with van der Waals surface area (Å²) < 4.78 is 0. The summed E-state index contributed by atoms with van der Waals surface area (Å²) in [6.07, 6.45) is -0.339. The molecule has 0 aliphatic carbocycles. The van der Waals surface area contributed by atoms with Crippen molar-refractivity contribution in [2.45, 2.75) is 38.8 Å². The van der Waals surface area contributed by atoms with E-state index < -0.39 is 11.6 Å². The molecule has 1 amide bonds. The molecule has 1 aromatic rings. The third kappa shape index (κ3) is 4.07. The van der Waals surface area contributed by atoms with E-state index in [0.29, 0.717) is 5.69 Å². The van der Waals surface area contributed by atoms with Gasteiger partial charge in [-0.05, 0) is 38.5 Å². The fourth-order valence-electron chi connectivity index (χ4n) is 1.40. The number of hydrogen-bond donors (Lipinski definition) is 3. The molecular weight excluding hydrogens is 216 g/mol. The summed E-state index contributed by atoms with van der Waals surface area (Å²) in [5.41, 5.74) is 6.52. The molecule has 0 aliphatic rings. The monoisotopic (exact) mass is 236 g/mol. The molecule has 0 radical (unpaired) electrons. The van der Waals surface area contributed by atoms with Crippen molar-refractivity contribution in [2.75, 3.05) is 5.73 Å². The van der Waals surface area contributed by atoms with Crippen LogP contribution < -0.4 is 11.1 Å². The standard InChI is InChI=1S/C13H20N2O2/c1-9(16)13(2,3)15-12(17)8-10-5-4-6-11(14)7-10/h4-7,9,16H,8,14H2,1-3H3,(H,15,17). The smallest absolute Gasteiger partial charge is 0.224 e. The maximum atomic E-state index is 11.8. The summed E-state index contributed by atoms with van der Waals surface area (Å²) in [4.78, 5) is 11.8. The molecule has 0 saturated carbocycles. The van der Waals surface area contributed by atoms with Crippen molar-refractivity contribution < 1.29 is 9.90 Å². The van der Waals surface area contributed by atoms with Gasteiger partial charge in [-0.15, -0.1) is 0 Å². The number of benzene rings is 1. The quantitative estimate of drug-likeness (QED) is 0.685. The molecule has 0 bridgehead atoms. The molecule has 4 nitrogen and oxygen atoms in total. The molecule has 0 fully saturated rings. The number of carbonyl (C=O) groups excluding carboxylic acids is 1. The van der Waals surface area contributed by atoms with Gasteiger partial charge < -0.3 is 16.2 Å². The zero-order chi connectivity index (χ0) is 13.1. The van der Waals surface area contributed by atoms with E-state index in [0.717, 1.165) is 5.56 Å². The Bertz CT molecular complexity index is 400. The van der Waals surface area contributed by atoms with Gasteiger partial charge in [-0.2, -0.15) is 0 Å². The van der Waals surface area contributed by atoms with Crippen LogP contribution in [0.5, 0.6) is 0 Å². The topological polar surface area (TPSA) is 75.3 Å². The minimum Gasteiger partial charge on any atom is -0.399 e. The Balaban J connectivity index is 2.62. The Labute approximate surface area is 102 Å². The predicted octanol–water partition coefficient (Wildman–Crippen LogP) is 1.09. The Morgan fingerprint density at radius 2 is 2.18 bits per heavy atom. The van der Waals surface area contributed by atoms with Crippen molar-refractivity contribution in [3.8, 4) is 0 Å². The number of nitrogens with two attached hydrogens (primary N) is 1. The lowest BCUT2D eigenvalue weighted by Crippen LogP contribution is -2.51. The van der Waals surface area contributed by atoms with Gasteiger partial charge >= 0.3 is 0 Å². The van der Waals surface area contributed by atoms with Gasteiger partial charge in [-0.1, -0.05) is 12.1 Å². The van der Waals surface area contributed by atoms with Crippen LogP contribution in [-0.4, -0.2) is 22.7 Å². The highest BCUT2D eigenvalue weighted by Crippen LogP contribution is 2.11. The molecule has 94 valence electrons. The molecule has 0 heterocycles. The Hall–Kier alpha value is -1.55. The van der Waals surface area contributed by atoms with Crippen molar-refractivity contribution in [1.82, 2.24) is 5.32 Å². The first-order chi connectivity index (χ1) is 7.81. The van der Waals surface area contributed by atoms with E-state index in [2.05, 4.69) is 5.32 Å². The SMILES string of the molecule is CC(O)C(C)(C)NC(=O)Cc1cccc(N)c1. The highest BCUT2D eigenvalue weighted by atomic mass is 16.3. The van der Waals surface area contributed by atoms with Crippen LogP contribution in [0.3, 0.4) is 0 Å².